The van der Waals surface area contributed by atoms with E-state index in [4.69, 9.17) is 9.47 Å². The molecule has 0 amide bonds. The van der Waals surface area contributed by atoms with Gasteiger partial charge in [-0.2, -0.15) is 0 Å². The van der Waals surface area contributed by atoms with Gasteiger partial charge in [-0.1, -0.05) is 12.1 Å². The van der Waals surface area contributed by atoms with E-state index in [9.17, 15) is 51.1 Å². The van der Waals surface area contributed by atoms with Crippen LogP contribution in [0.2, 0.25) is 0 Å². The summed E-state index contributed by atoms with van der Waals surface area (Å²) in [6.07, 6.45) is -5.43. The van der Waals surface area contributed by atoms with Gasteiger partial charge < -0.3 is 60.5 Å². The zero-order valence-corrected chi connectivity index (χ0v) is 21.6. The summed E-state index contributed by atoms with van der Waals surface area (Å²) in [4.78, 5) is 0. The highest BCUT2D eigenvalue weighted by molar-refractivity contribution is 5.65. The van der Waals surface area contributed by atoms with E-state index in [0.29, 0.717) is 0 Å². The SMILES string of the molecule is Oc1cc(O)c2c(c1)O[C@H](c1ccc(O)c(O)c1)C(O)C2c1c(O)cc(O)c2c1O[C@H](c1ccc(O)c(O)c1)C(O)C2. The summed E-state index contributed by atoms with van der Waals surface area (Å²) in [5, 5.41) is 105. The van der Waals surface area contributed by atoms with Crippen molar-refractivity contribution in [3.8, 4) is 57.5 Å². The first kappa shape index (κ1) is 27.0. The third-order valence-electron chi connectivity index (χ3n) is 7.67. The Bertz CT molecular complexity index is 1720. The van der Waals surface area contributed by atoms with Crippen LogP contribution in [0.4, 0.5) is 0 Å². The van der Waals surface area contributed by atoms with Crippen LogP contribution in [-0.4, -0.2) is 63.3 Å². The molecule has 12 heteroatoms. The summed E-state index contributed by atoms with van der Waals surface area (Å²) >= 11 is 0. The summed E-state index contributed by atoms with van der Waals surface area (Å²) in [6, 6.07) is 10.8. The Morgan fingerprint density at radius 2 is 1.14 bits per heavy atom. The van der Waals surface area contributed by atoms with E-state index in [0.717, 1.165) is 12.1 Å². The lowest BCUT2D eigenvalue weighted by atomic mass is 9.77. The fourth-order valence-corrected chi connectivity index (χ4v) is 5.71. The highest BCUT2D eigenvalue weighted by atomic mass is 16.5. The standard InChI is InChI=1S/C30H26O12/c31-13-7-20(37)24-23(8-13)41-29(12-2-4-16(33)19(36)6-12)27(40)26(24)25-21(38)10-17(34)14-9-22(39)28(42-30(14)25)11-1-3-15(32)18(35)5-11/h1-8,10,22,26-29,31-40H,9H2/t22?,26?,27?,28-,29-/m1/s1. The number of aliphatic hydroxyl groups excluding tert-OH is 2. The minimum absolute atomic E-state index is 0.0312. The van der Waals surface area contributed by atoms with Gasteiger partial charge in [0.2, 0.25) is 0 Å². The molecule has 0 radical (unpaired) electrons. The number of hydrogen-bond acceptors (Lipinski definition) is 12. The van der Waals surface area contributed by atoms with Gasteiger partial charge >= 0.3 is 0 Å². The van der Waals surface area contributed by atoms with E-state index in [2.05, 4.69) is 0 Å². The fourth-order valence-electron chi connectivity index (χ4n) is 5.71. The minimum Gasteiger partial charge on any atom is -0.508 e. The molecule has 4 aromatic carbocycles. The molecule has 0 spiro atoms. The third kappa shape index (κ3) is 4.24. The zero-order valence-electron chi connectivity index (χ0n) is 21.6. The monoisotopic (exact) mass is 578 g/mol. The van der Waals surface area contributed by atoms with Gasteiger partial charge in [0.05, 0.1) is 12.0 Å². The molecule has 5 atom stereocenters. The normalized spacial score (nSPS) is 22.9. The van der Waals surface area contributed by atoms with Crippen molar-refractivity contribution in [1.82, 2.24) is 0 Å². The van der Waals surface area contributed by atoms with Crippen molar-refractivity contribution in [1.29, 1.82) is 0 Å². The number of aliphatic hydroxyl groups is 2. The van der Waals surface area contributed by atoms with Gasteiger partial charge in [0.1, 0.15) is 46.7 Å². The fraction of sp³-hybridized carbons (Fsp3) is 0.200. The Morgan fingerprint density at radius 1 is 0.548 bits per heavy atom. The number of phenols is 8. The van der Waals surface area contributed by atoms with Crippen LogP contribution in [0.5, 0.6) is 57.5 Å². The highest BCUT2D eigenvalue weighted by Gasteiger charge is 2.46. The first-order valence-corrected chi connectivity index (χ1v) is 12.8. The average molecular weight is 579 g/mol. The second-order valence-electron chi connectivity index (χ2n) is 10.3. The molecule has 6 rings (SSSR count). The van der Waals surface area contributed by atoms with E-state index in [1.54, 1.807) is 0 Å². The van der Waals surface area contributed by atoms with Gasteiger partial charge in [-0.3, -0.25) is 0 Å². The first-order chi connectivity index (χ1) is 19.9. The molecule has 0 fully saturated rings. The summed E-state index contributed by atoms with van der Waals surface area (Å²) in [7, 11) is 0. The summed E-state index contributed by atoms with van der Waals surface area (Å²) in [5.41, 5.74) is 0.435. The van der Waals surface area contributed by atoms with E-state index in [1.807, 2.05) is 0 Å². The maximum Gasteiger partial charge on any atom is 0.157 e. The second-order valence-corrected chi connectivity index (χ2v) is 10.3. The maximum atomic E-state index is 11.8. The maximum absolute atomic E-state index is 11.8. The number of fused-ring (bicyclic) bond motifs is 2. The van der Waals surface area contributed by atoms with Gasteiger partial charge in [-0.25, -0.2) is 0 Å². The lowest BCUT2D eigenvalue weighted by Crippen LogP contribution is -2.36. The largest absolute Gasteiger partial charge is 0.508 e. The molecule has 0 saturated carbocycles. The molecule has 3 unspecified atom stereocenters. The minimum atomic E-state index is -1.59. The molecule has 0 aliphatic carbocycles. The lowest BCUT2D eigenvalue weighted by Gasteiger charge is -2.40. The third-order valence-corrected chi connectivity index (χ3v) is 7.67. The smallest absolute Gasteiger partial charge is 0.157 e. The molecule has 2 aliphatic rings. The van der Waals surface area contributed by atoms with Crippen LogP contribution in [0.25, 0.3) is 0 Å². The lowest BCUT2D eigenvalue weighted by molar-refractivity contribution is 0.00115. The van der Waals surface area contributed by atoms with Crippen LogP contribution >= 0.6 is 0 Å². The van der Waals surface area contributed by atoms with Crippen molar-refractivity contribution < 1.29 is 60.5 Å². The number of benzene rings is 4. The highest BCUT2D eigenvalue weighted by Crippen LogP contribution is 2.57. The molecule has 0 saturated heterocycles. The number of ether oxygens (including phenoxy) is 2. The Balaban J connectivity index is 1.55. The van der Waals surface area contributed by atoms with E-state index in [1.165, 1.54) is 42.5 Å². The van der Waals surface area contributed by atoms with Crippen molar-refractivity contribution in [2.75, 3.05) is 0 Å². The molecule has 4 aromatic rings. The van der Waals surface area contributed by atoms with E-state index >= 15 is 0 Å². The van der Waals surface area contributed by atoms with E-state index < -0.39 is 70.6 Å². The van der Waals surface area contributed by atoms with Crippen molar-refractivity contribution in [3.63, 3.8) is 0 Å². The summed E-state index contributed by atoms with van der Waals surface area (Å²) in [6.45, 7) is 0. The number of rotatable bonds is 3. The van der Waals surface area contributed by atoms with Gasteiger partial charge in [-0.05, 0) is 35.4 Å². The topological polar surface area (TPSA) is 221 Å². The van der Waals surface area contributed by atoms with Crippen molar-refractivity contribution in [2.45, 2.75) is 36.8 Å². The molecule has 12 nitrogen and oxygen atoms in total. The quantitative estimate of drug-likeness (QED) is 0.159. The van der Waals surface area contributed by atoms with Gasteiger partial charge in [-0.15, -0.1) is 0 Å². The predicted molar refractivity (Wildman–Crippen MR) is 143 cm³/mol. The molecule has 2 heterocycles. The van der Waals surface area contributed by atoms with Gasteiger partial charge in [0, 0.05) is 41.3 Å². The van der Waals surface area contributed by atoms with Crippen LogP contribution in [-0.2, 0) is 6.42 Å². The van der Waals surface area contributed by atoms with Gasteiger partial charge in [0.25, 0.3) is 0 Å². The van der Waals surface area contributed by atoms with Crippen molar-refractivity contribution >= 4 is 0 Å². The number of aromatic hydroxyl groups is 8. The van der Waals surface area contributed by atoms with E-state index in [-0.39, 0.29) is 51.5 Å². The predicted octanol–water partition coefficient (Wildman–Crippen LogP) is 3.00. The average Bonchev–Trinajstić information content (AvgIpc) is 2.93. The number of hydrogen-bond donors (Lipinski definition) is 10. The zero-order chi connectivity index (χ0) is 30.0. The molecule has 0 bridgehead atoms. The molecular formula is C30H26O12. The molecular weight excluding hydrogens is 552 g/mol. The molecule has 42 heavy (non-hydrogen) atoms. The first-order valence-electron chi connectivity index (χ1n) is 12.8. The van der Waals surface area contributed by atoms with Gasteiger partial charge in [0.15, 0.2) is 29.1 Å². The van der Waals surface area contributed by atoms with Crippen LogP contribution in [0.15, 0.2) is 54.6 Å². The number of phenolic OH excluding ortho intramolecular Hbond substituents is 8. The van der Waals surface area contributed by atoms with Crippen LogP contribution in [0.1, 0.15) is 45.9 Å². The molecule has 10 N–H and O–H groups in total. The Kier molecular flexibility index (Phi) is 6.24. The summed E-state index contributed by atoms with van der Waals surface area (Å²) < 4.78 is 12.1. The van der Waals surface area contributed by atoms with Crippen molar-refractivity contribution in [2.24, 2.45) is 0 Å². The Morgan fingerprint density at radius 3 is 1.76 bits per heavy atom. The second kappa shape index (κ2) is 9.72. The van der Waals surface area contributed by atoms with Crippen molar-refractivity contribution in [3.05, 3.63) is 82.4 Å². The molecule has 0 aromatic heterocycles. The summed E-state index contributed by atoms with van der Waals surface area (Å²) in [5.74, 6) is -5.08. The Labute approximate surface area is 237 Å². The van der Waals surface area contributed by atoms with Crippen LogP contribution in [0, 0.1) is 0 Å². The Hall–Kier alpha value is -5.20. The van der Waals surface area contributed by atoms with Crippen LogP contribution in [0.3, 0.4) is 0 Å². The van der Waals surface area contributed by atoms with Crippen LogP contribution < -0.4 is 9.47 Å². The molecule has 218 valence electrons. The molecule has 2 aliphatic heterocycles.